The number of hydrogen-bond acceptors (Lipinski definition) is 3. The molecule has 0 radical (unpaired) electrons. The minimum atomic E-state index is -4.48. The first-order valence-corrected chi connectivity index (χ1v) is 18.2. The molecule has 7 aromatic carbocycles. The highest BCUT2D eigenvalue weighted by Crippen LogP contribution is 2.40. The predicted octanol–water partition coefficient (Wildman–Crippen LogP) is 12.6. The van der Waals surface area contributed by atoms with Gasteiger partial charge in [-0.2, -0.15) is 13.2 Å². The Morgan fingerprint density at radius 1 is 0.411 bits per heavy atom. The maximum absolute atomic E-state index is 14.0. The smallest absolute Gasteiger partial charge is 0.315 e. The average molecular weight is 734 g/mol. The van der Waals surface area contributed by atoms with E-state index in [-0.39, 0.29) is 0 Å². The lowest BCUT2D eigenvalue weighted by Gasteiger charge is -2.16. The van der Waals surface area contributed by atoms with Crippen molar-refractivity contribution in [3.63, 3.8) is 0 Å². The molecule has 5 nitrogen and oxygen atoms in total. The van der Waals surface area contributed by atoms with Gasteiger partial charge in [0, 0.05) is 50.4 Å². The Labute approximate surface area is 319 Å². The summed E-state index contributed by atoms with van der Waals surface area (Å²) in [4.78, 5) is 15.1. The number of para-hydroxylation sites is 1. The van der Waals surface area contributed by atoms with E-state index in [4.69, 9.17) is 15.0 Å². The second-order valence-corrected chi connectivity index (χ2v) is 13.7. The topological polar surface area (TPSA) is 48.5 Å². The predicted molar refractivity (Wildman–Crippen MR) is 218 cm³/mol. The van der Waals surface area contributed by atoms with Gasteiger partial charge < -0.3 is 9.13 Å². The van der Waals surface area contributed by atoms with E-state index >= 15 is 0 Å². The molecule has 0 fully saturated rings. The molecule has 0 atom stereocenters. The quantitative estimate of drug-likeness (QED) is 0.171. The van der Waals surface area contributed by atoms with E-state index < -0.39 is 11.7 Å². The van der Waals surface area contributed by atoms with Crippen LogP contribution in [0.5, 0.6) is 0 Å². The van der Waals surface area contributed by atoms with Crippen LogP contribution >= 0.6 is 0 Å². The third-order valence-electron chi connectivity index (χ3n) is 10.2. The van der Waals surface area contributed by atoms with Gasteiger partial charge in [0.25, 0.3) is 0 Å². The Balaban J connectivity index is 1.28. The van der Waals surface area contributed by atoms with Crippen molar-refractivity contribution in [3.05, 3.63) is 188 Å². The fraction of sp³-hybridized carbons (Fsp3) is 0.0208. The summed E-state index contributed by atoms with van der Waals surface area (Å²) in [5.41, 5.74) is 7.66. The molecule has 0 amide bonds. The molecule has 0 aliphatic rings. The molecular weight excluding hydrogens is 704 g/mol. The number of fused-ring (bicyclic) bond motifs is 5. The molecule has 0 aliphatic heterocycles. The SMILES string of the molecule is FC(F)(F)c1cccc(-n2ccc3ccc4c5ccccc5n(-c5cc(-c6ccccc6)cc(-c6nc(-c7ccccc7)nc(-c7ccccc7)n6)c5)c4c32)c1. The van der Waals surface area contributed by atoms with Crippen LogP contribution in [-0.4, -0.2) is 24.1 Å². The van der Waals surface area contributed by atoms with Crippen molar-refractivity contribution >= 4 is 32.7 Å². The molecular formula is C48H30F3N5. The zero-order valence-corrected chi connectivity index (χ0v) is 29.7. The summed E-state index contributed by atoms with van der Waals surface area (Å²) in [7, 11) is 0. The van der Waals surface area contributed by atoms with Gasteiger partial charge in [0.15, 0.2) is 17.5 Å². The second kappa shape index (κ2) is 13.2. The van der Waals surface area contributed by atoms with Crippen LogP contribution in [0.2, 0.25) is 0 Å². The van der Waals surface area contributed by atoms with Gasteiger partial charge in [-0.3, -0.25) is 0 Å². The van der Waals surface area contributed by atoms with Gasteiger partial charge in [0.1, 0.15) is 0 Å². The maximum atomic E-state index is 14.0. The van der Waals surface area contributed by atoms with E-state index in [0.29, 0.717) is 23.2 Å². The minimum Gasteiger partial charge on any atom is -0.315 e. The van der Waals surface area contributed by atoms with Crippen molar-refractivity contribution in [2.75, 3.05) is 0 Å². The zero-order valence-electron chi connectivity index (χ0n) is 29.7. The van der Waals surface area contributed by atoms with E-state index in [2.05, 4.69) is 53.1 Å². The van der Waals surface area contributed by atoms with Crippen LogP contribution in [-0.2, 0) is 6.18 Å². The highest BCUT2D eigenvalue weighted by atomic mass is 19.4. The summed E-state index contributed by atoms with van der Waals surface area (Å²) >= 11 is 0. The van der Waals surface area contributed by atoms with E-state index in [0.717, 1.165) is 72.3 Å². The first-order chi connectivity index (χ1) is 27.4. The Morgan fingerprint density at radius 3 is 1.66 bits per heavy atom. The molecule has 0 saturated carbocycles. The lowest BCUT2D eigenvalue weighted by atomic mass is 10.0. The molecule has 10 rings (SSSR count). The summed E-state index contributed by atoms with van der Waals surface area (Å²) in [6, 6.07) is 56.0. The number of hydrogen-bond donors (Lipinski definition) is 0. The van der Waals surface area contributed by atoms with Crippen LogP contribution in [0, 0.1) is 0 Å². The van der Waals surface area contributed by atoms with E-state index in [1.807, 2.05) is 114 Å². The fourth-order valence-corrected chi connectivity index (χ4v) is 7.59. The van der Waals surface area contributed by atoms with Crippen LogP contribution in [0.1, 0.15) is 5.56 Å². The molecule has 8 heteroatoms. The molecule has 56 heavy (non-hydrogen) atoms. The third kappa shape index (κ3) is 5.79. The van der Waals surface area contributed by atoms with Crippen molar-refractivity contribution in [2.24, 2.45) is 0 Å². The fourth-order valence-electron chi connectivity index (χ4n) is 7.59. The van der Waals surface area contributed by atoms with E-state index in [1.54, 1.807) is 6.07 Å². The summed E-state index contributed by atoms with van der Waals surface area (Å²) in [6.07, 6.45) is -2.64. The molecule has 10 aromatic rings. The molecule has 3 heterocycles. The van der Waals surface area contributed by atoms with E-state index in [1.165, 1.54) is 12.1 Å². The Bertz CT molecular complexity index is 3000. The van der Waals surface area contributed by atoms with Crippen molar-refractivity contribution in [1.29, 1.82) is 0 Å². The largest absolute Gasteiger partial charge is 0.416 e. The number of benzene rings is 7. The number of halogens is 3. The molecule has 0 N–H and O–H groups in total. The van der Waals surface area contributed by atoms with Crippen LogP contribution in [0.3, 0.4) is 0 Å². The molecule has 3 aromatic heterocycles. The van der Waals surface area contributed by atoms with Gasteiger partial charge in [-0.15, -0.1) is 0 Å². The highest BCUT2D eigenvalue weighted by Gasteiger charge is 2.31. The summed E-state index contributed by atoms with van der Waals surface area (Å²) in [6.45, 7) is 0. The van der Waals surface area contributed by atoms with Crippen molar-refractivity contribution in [1.82, 2.24) is 24.1 Å². The minimum absolute atomic E-state index is 0.421. The van der Waals surface area contributed by atoms with Gasteiger partial charge >= 0.3 is 6.18 Å². The van der Waals surface area contributed by atoms with Crippen molar-refractivity contribution < 1.29 is 13.2 Å². The lowest BCUT2D eigenvalue weighted by Crippen LogP contribution is -2.06. The Hall–Kier alpha value is -7.32. The summed E-state index contributed by atoms with van der Waals surface area (Å²) < 4.78 is 46.0. The normalized spacial score (nSPS) is 11.8. The molecule has 268 valence electrons. The Kier molecular flexibility index (Phi) is 7.85. The van der Waals surface area contributed by atoms with Crippen LogP contribution < -0.4 is 0 Å². The second-order valence-electron chi connectivity index (χ2n) is 13.7. The van der Waals surface area contributed by atoms with Gasteiger partial charge in [-0.25, -0.2) is 15.0 Å². The number of alkyl halides is 3. The maximum Gasteiger partial charge on any atom is 0.416 e. The third-order valence-corrected chi connectivity index (χ3v) is 10.2. The van der Waals surface area contributed by atoms with Crippen molar-refractivity contribution in [2.45, 2.75) is 6.18 Å². The van der Waals surface area contributed by atoms with Gasteiger partial charge in [-0.05, 0) is 59.7 Å². The van der Waals surface area contributed by atoms with Gasteiger partial charge in [0.05, 0.1) is 22.1 Å². The number of nitrogens with zero attached hydrogens (tertiary/aromatic N) is 5. The lowest BCUT2D eigenvalue weighted by molar-refractivity contribution is -0.137. The van der Waals surface area contributed by atoms with Gasteiger partial charge in [-0.1, -0.05) is 127 Å². The molecule has 0 aliphatic carbocycles. The van der Waals surface area contributed by atoms with Crippen molar-refractivity contribution in [3.8, 4) is 56.7 Å². The average Bonchev–Trinajstić information content (AvgIpc) is 3.84. The number of rotatable bonds is 6. The van der Waals surface area contributed by atoms with E-state index in [9.17, 15) is 13.2 Å². The number of aromatic nitrogens is 5. The molecule has 0 saturated heterocycles. The standard InChI is InChI=1S/C48H30F3N5/c49-48(50,51)37-19-12-20-38(30-37)55-26-25-32-23-24-41-40-21-10-11-22-42(40)56(44(41)43(32)55)39-28-35(31-13-4-1-5-14-31)27-36(29-39)47-53-45(33-15-6-2-7-16-33)52-46(54-47)34-17-8-3-9-18-34/h1-30H. The monoisotopic (exact) mass is 733 g/mol. The summed E-state index contributed by atoms with van der Waals surface area (Å²) in [5.74, 6) is 1.62. The highest BCUT2D eigenvalue weighted by molar-refractivity contribution is 6.18. The first-order valence-electron chi connectivity index (χ1n) is 18.2. The van der Waals surface area contributed by atoms with Crippen LogP contribution in [0.4, 0.5) is 13.2 Å². The molecule has 0 unspecified atom stereocenters. The molecule has 0 bridgehead atoms. The molecule has 0 spiro atoms. The van der Waals surface area contributed by atoms with Gasteiger partial charge in [0.2, 0.25) is 0 Å². The van der Waals surface area contributed by atoms with Crippen LogP contribution in [0.15, 0.2) is 182 Å². The zero-order chi connectivity index (χ0) is 37.8. The summed E-state index contributed by atoms with van der Waals surface area (Å²) in [5, 5.41) is 2.89. The first kappa shape index (κ1) is 33.3. The Morgan fingerprint density at radius 2 is 1.00 bits per heavy atom. The van der Waals surface area contributed by atoms with Crippen LogP contribution in [0.25, 0.3) is 89.4 Å².